The Kier molecular flexibility index (Phi) is 6.76. The summed E-state index contributed by atoms with van der Waals surface area (Å²) in [4.78, 5) is 31.3. The number of carbonyl (C=O) groups is 2. The van der Waals surface area contributed by atoms with E-state index in [9.17, 15) is 37.4 Å². The van der Waals surface area contributed by atoms with Crippen molar-refractivity contribution in [1.29, 1.82) is 0 Å². The van der Waals surface area contributed by atoms with Crippen LogP contribution in [0.3, 0.4) is 0 Å². The average Bonchev–Trinajstić information content (AvgIpc) is 3.27. The Morgan fingerprint density at radius 3 is 2.41 bits per heavy atom. The molecule has 210 valence electrons. The molecule has 10 heteroatoms. The number of fused-ring (bicyclic) bond motifs is 3. The molecule has 0 radical (unpaired) electrons. The van der Waals surface area contributed by atoms with E-state index in [0.29, 0.717) is 44.7 Å². The standard InChI is InChI=1S/C29H32F4N2O4/c1-26(30,29(31,32)33)20-6-7-22-19(16-20)5-8-23-27(22,17-21-4-2-3-14-34-21)13-15-35(23)25(38)28(39)11-9-18(10-12-28)24(36)37/h2-4,6-7,14,16,18,23,39H,5,8-13,15,17H2,1H3,(H,36,37)/t18-,23?,26?,27?,28+. The van der Waals surface area contributed by atoms with E-state index in [2.05, 4.69) is 4.98 Å². The van der Waals surface area contributed by atoms with Crippen LogP contribution in [-0.2, 0) is 33.5 Å². The number of benzene rings is 1. The molecule has 1 saturated heterocycles. The van der Waals surface area contributed by atoms with E-state index in [4.69, 9.17) is 0 Å². The number of alkyl halides is 4. The molecule has 3 unspecified atom stereocenters. The van der Waals surface area contributed by atoms with Crippen LogP contribution >= 0.6 is 0 Å². The van der Waals surface area contributed by atoms with Gasteiger partial charge in [0.15, 0.2) is 0 Å². The minimum Gasteiger partial charge on any atom is -0.481 e. The van der Waals surface area contributed by atoms with E-state index in [1.54, 1.807) is 23.2 Å². The van der Waals surface area contributed by atoms with Gasteiger partial charge in [-0.15, -0.1) is 0 Å². The second-order valence-electron chi connectivity index (χ2n) is 11.5. The first kappa shape index (κ1) is 27.6. The molecule has 39 heavy (non-hydrogen) atoms. The fraction of sp³-hybridized carbons (Fsp3) is 0.552. The van der Waals surface area contributed by atoms with Crippen molar-refractivity contribution in [3.8, 4) is 0 Å². The van der Waals surface area contributed by atoms with Crippen LogP contribution in [0.1, 0.15) is 67.8 Å². The van der Waals surface area contributed by atoms with Gasteiger partial charge in [-0.25, -0.2) is 4.39 Å². The normalized spacial score (nSPS) is 30.3. The topological polar surface area (TPSA) is 90.7 Å². The summed E-state index contributed by atoms with van der Waals surface area (Å²) in [7, 11) is 0. The van der Waals surface area contributed by atoms with Gasteiger partial charge >= 0.3 is 12.1 Å². The van der Waals surface area contributed by atoms with Crippen LogP contribution in [0.5, 0.6) is 0 Å². The van der Waals surface area contributed by atoms with Gasteiger partial charge < -0.3 is 15.1 Å². The molecule has 3 aliphatic rings. The zero-order valence-corrected chi connectivity index (χ0v) is 21.7. The van der Waals surface area contributed by atoms with Crippen LogP contribution in [0.2, 0.25) is 0 Å². The number of rotatable bonds is 5. The van der Waals surface area contributed by atoms with E-state index in [-0.39, 0.29) is 31.7 Å². The number of pyridine rings is 1. The predicted octanol–water partition coefficient (Wildman–Crippen LogP) is 4.86. The summed E-state index contributed by atoms with van der Waals surface area (Å²) in [6.07, 6.45) is -1.12. The molecule has 1 aromatic carbocycles. The molecule has 3 atom stereocenters. The summed E-state index contributed by atoms with van der Waals surface area (Å²) in [5.74, 6) is -1.94. The molecule has 6 nitrogen and oxygen atoms in total. The molecule has 2 aromatic rings. The number of carboxylic acid groups (broad SMARTS) is 1. The van der Waals surface area contributed by atoms with E-state index < -0.39 is 46.2 Å². The number of halogens is 4. The van der Waals surface area contributed by atoms with Crippen LogP contribution in [-0.4, -0.2) is 56.3 Å². The maximum Gasteiger partial charge on any atom is 0.426 e. The van der Waals surface area contributed by atoms with Crippen molar-refractivity contribution < 1.29 is 37.4 Å². The highest BCUT2D eigenvalue weighted by Gasteiger charge is 2.57. The molecule has 2 aliphatic carbocycles. The Bertz CT molecular complexity index is 1260. The Morgan fingerprint density at radius 2 is 1.79 bits per heavy atom. The Hall–Kier alpha value is -3.01. The molecule has 2 fully saturated rings. The second-order valence-corrected chi connectivity index (χ2v) is 11.5. The predicted molar refractivity (Wildman–Crippen MR) is 134 cm³/mol. The Morgan fingerprint density at radius 1 is 1.08 bits per heavy atom. The van der Waals surface area contributed by atoms with Crippen LogP contribution < -0.4 is 0 Å². The Balaban J connectivity index is 1.51. The fourth-order valence-corrected chi connectivity index (χ4v) is 6.92. The molecule has 2 heterocycles. The first-order valence-electron chi connectivity index (χ1n) is 13.3. The van der Waals surface area contributed by atoms with Crippen molar-refractivity contribution >= 4 is 11.9 Å². The smallest absolute Gasteiger partial charge is 0.426 e. The quantitative estimate of drug-likeness (QED) is 0.521. The van der Waals surface area contributed by atoms with Crippen molar-refractivity contribution in [3.63, 3.8) is 0 Å². The molecular weight excluding hydrogens is 516 g/mol. The average molecular weight is 549 g/mol. The lowest BCUT2D eigenvalue weighted by atomic mass is 9.64. The van der Waals surface area contributed by atoms with Crippen LogP contribution in [0, 0.1) is 5.92 Å². The number of aliphatic carboxylic acids is 1. The zero-order valence-electron chi connectivity index (χ0n) is 21.7. The van der Waals surface area contributed by atoms with E-state index in [1.807, 2.05) is 12.1 Å². The number of hydrogen-bond donors (Lipinski definition) is 2. The van der Waals surface area contributed by atoms with Gasteiger partial charge in [0.25, 0.3) is 5.91 Å². The van der Waals surface area contributed by atoms with E-state index >= 15 is 0 Å². The maximum absolute atomic E-state index is 14.9. The minimum atomic E-state index is -5.06. The molecule has 1 aliphatic heterocycles. The third-order valence-electron chi connectivity index (χ3n) is 9.26. The van der Waals surface area contributed by atoms with Gasteiger partial charge in [-0.05, 0) is 80.7 Å². The van der Waals surface area contributed by atoms with Gasteiger partial charge in [-0.2, -0.15) is 13.2 Å². The molecule has 1 amide bonds. The molecule has 2 N–H and O–H groups in total. The fourth-order valence-electron chi connectivity index (χ4n) is 6.92. The van der Waals surface area contributed by atoms with Gasteiger partial charge in [0.05, 0.1) is 5.92 Å². The molecule has 0 spiro atoms. The minimum absolute atomic E-state index is 0.0612. The second kappa shape index (κ2) is 9.57. The summed E-state index contributed by atoms with van der Waals surface area (Å²) < 4.78 is 55.3. The molecule has 5 rings (SSSR count). The summed E-state index contributed by atoms with van der Waals surface area (Å²) in [5.41, 5.74) is -4.10. The maximum atomic E-state index is 14.9. The highest BCUT2D eigenvalue weighted by atomic mass is 19.4. The van der Waals surface area contributed by atoms with Gasteiger partial charge in [0.1, 0.15) is 5.60 Å². The number of amides is 1. The van der Waals surface area contributed by atoms with Crippen LogP contribution in [0.15, 0.2) is 42.6 Å². The lowest BCUT2D eigenvalue weighted by Gasteiger charge is -2.45. The summed E-state index contributed by atoms with van der Waals surface area (Å²) in [5, 5.41) is 20.6. The van der Waals surface area contributed by atoms with Crippen molar-refractivity contribution in [2.75, 3.05) is 6.54 Å². The first-order valence-corrected chi connectivity index (χ1v) is 13.3. The third-order valence-corrected chi connectivity index (χ3v) is 9.26. The summed E-state index contributed by atoms with van der Waals surface area (Å²) >= 11 is 0. The summed E-state index contributed by atoms with van der Waals surface area (Å²) in [6.45, 7) is 0.866. The highest BCUT2D eigenvalue weighted by Crippen LogP contribution is 2.51. The van der Waals surface area contributed by atoms with Crippen molar-refractivity contribution in [2.45, 2.75) is 87.2 Å². The molecule has 1 aromatic heterocycles. The highest BCUT2D eigenvalue weighted by molar-refractivity contribution is 5.86. The van der Waals surface area contributed by atoms with Gasteiger partial charge in [0.2, 0.25) is 5.67 Å². The Labute approximate surface area is 224 Å². The van der Waals surface area contributed by atoms with Gasteiger partial charge in [0, 0.05) is 36.3 Å². The van der Waals surface area contributed by atoms with Gasteiger partial charge in [-0.3, -0.25) is 14.6 Å². The SMILES string of the molecule is CC(F)(c1ccc2c(c1)CCC1N(C(=O)[C@]3(O)CC[C@@H](C(=O)O)CC3)CCC21Cc1ccccn1)C(F)(F)F. The lowest BCUT2D eigenvalue weighted by Crippen LogP contribution is -2.56. The van der Waals surface area contributed by atoms with Crippen LogP contribution in [0.25, 0.3) is 0 Å². The van der Waals surface area contributed by atoms with E-state index in [0.717, 1.165) is 11.3 Å². The number of aliphatic hydroxyl groups is 1. The summed E-state index contributed by atoms with van der Waals surface area (Å²) in [6, 6.07) is 9.23. The molecule has 1 saturated carbocycles. The monoisotopic (exact) mass is 548 g/mol. The molecule has 0 bridgehead atoms. The number of carboxylic acids is 1. The van der Waals surface area contributed by atoms with Gasteiger partial charge in [-0.1, -0.05) is 24.3 Å². The zero-order chi connectivity index (χ0) is 28.2. The van der Waals surface area contributed by atoms with Crippen molar-refractivity contribution in [1.82, 2.24) is 9.88 Å². The van der Waals surface area contributed by atoms with Crippen molar-refractivity contribution in [3.05, 3.63) is 65.0 Å². The van der Waals surface area contributed by atoms with E-state index in [1.165, 1.54) is 12.1 Å². The number of aryl methyl sites for hydroxylation is 1. The number of aromatic nitrogens is 1. The number of hydrogen-bond acceptors (Lipinski definition) is 4. The molecular formula is C29H32F4N2O4. The van der Waals surface area contributed by atoms with Crippen molar-refractivity contribution in [2.24, 2.45) is 5.92 Å². The number of nitrogens with zero attached hydrogens (tertiary/aromatic N) is 2. The third kappa shape index (κ3) is 4.60. The van der Waals surface area contributed by atoms with Crippen LogP contribution in [0.4, 0.5) is 17.6 Å². The largest absolute Gasteiger partial charge is 0.481 e. The number of likely N-dealkylation sites (tertiary alicyclic amines) is 1. The lowest BCUT2D eigenvalue weighted by molar-refractivity contribution is -0.228. The number of carbonyl (C=O) groups excluding carboxylic acids is 1. The first-order chi connectivity index (χ1) is 18.3.